The lowest BCUT2D eigenvalue weighted by molar-refractivity contribution is -0.138. The summed E-state index contributed by atoms with van der Waals surface area (Å²) < 4.78 is 0. The number of carboxylic acids is 2. The summed E-state index contributed by atoms with van der Waals surface area (Å²) in [5.74, 6) is -2.02. The van der Waals surface area contributed by atoms with Crippen LogP contribution in [0.15, 0.2) is 0 Å². The zero-order valence-electron chi connectivity index (χ0n) is 7.19. The van der Waals surface area contributed by atoms with E-state index >= 15 is 0 Å². The number of nitrogens with two attached hydrogens (primary N) is 2. The van der Waals surface area contributed by atoms with Gasteiger partial charge in [-0.1, -0.05) is 0 Å². The molecule has 0 saturated carbocycles. The van der Waals surface area contributed by atoms with Gasteiger partial charge < -0.3 is 21.7 Å². The Bertz CT molecular complexity index is 203. The number of rotatable bonds is 6. The number of hydrogen-bond acceptors (Lipinski definition) is 4. The molecule has 0 aromatic heterocycles. The average molecular weight is 190 g/mol. The van der Waals surface area contributed by atoms with E-state index in [1.54, 1.807) is 0 Å². The first-order valence-corrected chi connectivity index (χ1v) is 3.85. The fraction of sp³-hybridized carbons (Fsp3) is 0.714. The lowest BCUT2D eigenvalue weighted by atomic mass is 10.0. The third-order valence-corrected chi connectivity index (χ3v) is 1.51. The molecule has 6 heteroatoms. The molecule has 0 amide bonds. The molecule has 0 saturated heterocycles. The largest absolute Gasteiger partial charge is 0.481 e. The highest BCUT2D eigenvalue weighted by Crippen LogP contribution is 2.09. The molecule has 0 heterocycles. The quantitative estimate of drug-likeness (QED) is 0.411. The zero-order chi connectivity index (χ0) is 10.5. The predicted molar refractivity (Wildman–Crippen MR) is 44.8 cm³/mol. The summed E-state index contributed by atoms with van der Waals surface area (Å²) in [4.78, 5) is 20.3. The molecule has 0 atom stereocenters. The number of aliphatic carboxylic acids is 2. The first-order chi connectivity index (χ1) is 5.83. The van der Waals surface area contributed by atoms with Crippen LogP contribution in [0.25, 0.3) is 0 Å². The van der Waals surface area contributed by atoms with Crippen LogP contribution in [0.4, 0.5) is 0 Å². The second-order valence-electron chi connectivity index (χ2n) is 3.05. The van der Waals surface area contributed by atoms with Crippen molar-refractivity contribution in [2.75, 3.05) is 0 Å². The van der Waals surface area contributed by atoms with Gasteiger partial charge in [-0.3, -0.25) is 9.59 Å². The van der Waals surface area contributed by atoms with Gasteiger partial charge in [-0.2, -0.15) is 0 Å². The molecule has 0 aromatic carbocycles. The van der Waals surface area contributed by atoms with Crippen molar-refractivity contribution in [1.29, 1.82) is 0 Å². The molecule has 0 aliphatic carbocycles. The van der Waals surface area contributed by atoms with Gasteiger partial charge in [0.2, 0.25) is 0 Å². The lowest BCUT2D eigenvalue weighted by Crippen LogP contribution is -2.50. The maximum atomic E-state index is 10.2. The van der Waals surface area contributed by atoms with E-state index in [0.29, 0.717) is 0 Å². The third-order valence-electron chi connectivity index (χ3n) is 1.51. The Hall–Kier alpha value is -1.14. The van der Waals surface area contributed by atoms with E-state index in [9.17, 15) is 9.59 Å². The van der Waals surface area contributed by atoms with Crippen LogP contribution in [0.1, 0.15) is 25.7 Å². The molecule has 0 aromatic rings. The van der Waals surface area contributed by atoms with E-state index in [1.165, 1.54) is 0 Å². The smallest absolute Gasteiger partial charge is 0.306 e. The van der Waals surface area contributed by atoms with Crippen molar-refractivity contribution in [3.8, 4) is 0 Å². The normalized spacial score (nSPS) is 11.2. The molecule has 0 radical (unpaired) electrons. The van der Waals surface area contributed by atoms with E-state index in [1.807, 2.05) is 0 Å². The minimum absolute atomic E-state index is 0.0459. The van der Waals surface area contributed by atoms with Crippen LogP contribution < -0.4 is 11.5 Å². The average Bonchev–Trinajstić information content (AvgIpc) is 1.81. The van der Waals surface area contributed by atoms with Crippen molar-refractivity contribution in [1.82, 2.24) is 0 Å². The molecule has 0 bridgehead atoms. The Morgan fingerprint density at radius 2 is 1.69 bits per heavy atom. The van der Waals surface area contributed by atoms with Crippen LogP contribution in [0.2, 0.25) is 0 Å². The predicted octanol–water partition coefficient (Wildman–Crippen LogP) is -0.670. The number of hydrogen-bond donors (Lipinski definition) is 4. The lowest BCUT2D eigenvalue weighted by Gasteiger charge is -2.21. The standard InChI is InChI=1S/C7H14N2O4/c8-7(9,4-6(12)13)3-1-2-5(10)11/h1-4,8-9H2,(H,10,11)(H,12,13). The van der Waals surface area contributed by atoms with Gasteiger partial charge in [-0.05, 0) is 12.8 Å². The van der Waals surface area contributed by atoms with Gasteiger partial charge in [0.1, 0.15) is 0 Å². The Labute approximate surface area is 75.5 Å². The van der Waals surface area contributed by atoms with E-state index in [4.69, 9.17) is 21.7 Å². The maximum Gasteiger partial charge on any atom is 0.306 e. The van der Waals surface area contributed by atoms with E-state index in [0.717, 1.165) is 0 Å². The first-order valence-electron chi connectivity index (χ1n) is 3.85. The molecule has 0 spiro atoms. The van der Waals surface area contributed by atoms with Gasteiger partial charge in [0.05, 0.1) is 12.1 Å². The van der Waals surface area contributed by atoms with Crippen LogP contribution in [0.5, 0.6) is 0 Å². The summed E-state index contributed by atoms with van der Waals surface area (Å²) in [5.41, 5.74) is 9.51. The second kappa shape index (κ2) is 4.78. The third kappa shape index (κ3) is 7.23. The van der Waals surface area contributed by atoms with Crippen LogP contribution in [0, 0.1) is 0 Å². The van der Waals surface area contributed by atoms with E-state index < -0.39 is 17.6 Å². The topological polar surface area (TPSA) is 127 Å². The SMILES string of the molecule is NC(N)(CCCC(=O)O)CC(=O)O. The van der Waals surface area contributed by atoms with Crippen LogP contribution in [0.3, 0.4) is 0 Å². The van der Waals surface area contributed by atoms with E-state index in [-0.39, 0.29) is 25.7 Å². The summed E-state index contributed by atoms with van der Waals surface area (Å²) in [7, 11) is 0. The van der Waals surface area contributed by atoms with Gasteiger partial charge in [-0.15, -0.1) is 0 Å². The Morgan fingerprint density at radius 1 is 1.15 bits per heavy atom. The molecule has 76 valence electrons. The van der Waals surface area contributed by atoms with Crippen molar-refractivity contribution in [2.24, 2.45) is 11.5 Å². The molecular formula is C7H14N2O4. The molecule has 0 unspecified atom stereocenters. The monoisotopic (exact) mass is 190 g/mol. The molecule has 0 aliphatic heterocycles. The highest BCUT2D eigenvalue weighted by Gasteiger charge is 2.22. The minimum Gasteiger partial charge on any atom is -0.481 e. The van der Waals surface area contributed by atoms with Crippen molar-refractivity contribution in [3.63, 3.8) is 0 Å². The van der Waals surface area contributed by atoms with Crippen molar-refractivity contribution < 1.29 is 19.8 Å². The molecule has 6 N–H and O–H groups in total. The fourth-order valence-electron chi connectivity index (χ4n) is 0.939. The molecule has 13 heavy (non-hydrogen) atoms. The molecule has 0 aliphatic rings. The van der Waals surface area contributed by atoms with Gasteiger partial charge in [0.15, 0.2) is 0 Å². The van der Waals surface area contributed by atoms with Gasteiger partial charge >= 0.3 is 11.9 Å². The van der Waals surface area contributed by atoms with E-state index in [2.05, 4.69) is 0 Å². The molecule has 0 fully saturated rings. The number of carbonyl (C=O) groups is 2. The highest BCUT2D eigenvalue weighted by atomic mass is 16.4. The minimum atomic E-state index is -1.30. The first kappa shape index (κ1) is 11.9. The summed E-state index contributed by atoms with van der Waals surface area (Å²) in [5, 5.41) is 16.7. The fourth-order valence-corrected chi connectivity index (χ4v) is 0.939. The Kier molecular flexibility index (Phi) is 4.36. The molecule has 0 rings (SSSR count). The van der Waals surface area contributed by atoms with Crippen molar-refractivity contribution >= 4 is 11.9 Å². The summed E-state index contributed by atoms with van der Waals surface area (Å²) in [6.07, 6.45) is 0.0730. The van der Waals surface area contributed by atoms with Crippen LogP contribution >= 0.6 is 0 Å². The van der Waals surface area contributed by atoms with Gasteiger partial charge in [-0.25, -0.2) is 0 Å². The second-order valence-corrected chi connectivity index (χ2v) is 3.05. The van der Waals surface area contributed by atoms with Crippen LogP contribution in [-0.2, 0) is 9.59 Å². The number of carboxylic acid groups (broad SMARTS) is 2. The zero-order valence-corrected chi connectivity index (χ0v) is 7.19. The van der Waals surface area contributed by atoms with Crippen LogP contribution in [-0.4, -0.2) is 27.8 Å². The summed E-state index contributed by atoms with van der Waals surface area (Å²) in [6, 6.07) is 0. The maximum absolute atomic E-state index is 10.2. The van der Waals surface area contributed by atoms with Crippen molar-refractivity contribution in [3.05, 3.63) is 0 Å². The van der Waals surface area contributed by atoms with Gasteiger partial charge in [0, 0.05) is 6.42 Å². The summed E-state index contributed by atoms with van der Waals surface area (Å²) >= 11 is 0. The van der Waals surface area contributed by atoms with Crippen molar-refractivity contribution in [2.45, 2.75) is 31.3 Å². The molecular weight excluding hydrogens is 176 g/mol. The summed E-state index contributed by atoms with van der Waals surface area (Å²) in [6.45, 7) is 0. The Morgan fingerprint density at radius 3 is 2.08 bits per heavy atom. The molecule has 6 nitrogen and oxygen atoms in total. The van der Waals surface area contributed by atoms with Gasteiger partial charge in [0.25, 0.3) is 0 Å². The highest BCUT2D eigenvalue weighted by molar-refractivity contribution is 5.68. The Balaban J connectivity index is 3.75.